The zero-order chi connectivity index (χ0) is 25.3. The number of nitrogens with zero attached hydrogens (tertiary/aromatic N) is 3. The summed E-state index contributed by atoms with van der Waals surface area (Å²) in [5, 5.41) is 12.2. The number of nitriles is 1. The van der Waals surface area contributed by atoms with Gasteiger partial charge < -0.3 is 14.8 Å². The van der Waals surface area contributed by atoms with Crippen LogP contribution in [-0.4, -0.2) is 45.8 Å². The Hall–Kier alpha value is -3.77. The van der Waals surface area contributed by atoms with Crippen molar-refractivity contribution in [2.24, 2.45) is 0 Å². The van der Waals surface area contributed by atoms with Gasteiger partial charge in [-0.15, -0.1) is 0 Å². The number of nitrogens with one attached hydrogen (secondary N) is 1. The van der Waals surface area contributed by atoms with Gasteiger partial charge in [-0.05, 0) is 31.2 Å². The van der Waals surface area contributed by atoms with E-state index in [1.165, 1.54) is 25.3 Å². The zero-order valence-corrected chi connectivity index (χ0v) is 19.5. The molecule has 1 N–H and O–H groups in total. The van der Waals surface area contributed by atoms with E-state index in [9.17, 15) is 28.4 Å². The molecule has 0 aliphatic carbocycles. The first-order valence-corrected chi connectivity index (χ1v) is 11.3. The van der Waals surface area contributed by atoms with E-state index in [1.807, 2.05) is 6.07 Å². The van der Waals surface area contributed by atoms with Crippen LogP contribution in [0.1, 0.15) is 34.8 Å². The van der Waals surface area contributed by atoms with E-state index in [1.54, 1.807) is 28.8 Å². The molecule has 1 aromatic heterocycles. The summed E-state index contributed by atoms with van der Waals surface area (Å²) in [6.07, 6.45) is -0.0387. The topological polar surface area (TPSA) is 95.2 Å². The van der Waals surface area contributed by atoms with E-state index in [-0.39, 0.29) is 42.4 Å². The number of carbonyl (C=O) groups excluding carboxylic acids is 3. The molecule has 2 aromatic carbocycles. The van der Waals surface area contributed by atoms with E-state index in [2.05, 4.69) is 5.32 Å². The van der Waals surface area contributed by atoms with Crippen molar-refractivity contribution >= 4 is 40.1 Å². The zero-order valence-electron chi connectivity index (χ0n) is 18.7. The largest absolute Gasteiger partial charge is 0.350 e. The number of hydrogen-bond donors (Lipinski definition) is 1. The van der Waals surface area contributed by atoms with Crippen molar-refractivity contribution in [3.05, 3.63) is 70.1 Å². The Bertz CT molecular complexity index is 1380. The van der Waals surface area contributed by atoms with E-state index in [4.69, 9.17) is 11.6 Å². The third kappa shape index (κ3) is 4.88. The molecule has 2 atom stereocenters. The maximum atomic E-state index is 14.3. The minimum Gasteiger partial charge on any atom is -0.350 e. The average Bonchev–Trinajstić information content (AvgIpc) is 3.40. The number of carbonyl (C=O) groups is 3. The van der Waals surface area contributed by atoms with E-state index in [0.717, 1.165) is 4.90 Å². The Morgan fingerprint density at radius 2 is 2.03 bits per heavy atom. The number of ketones is 1. The van der Waals surface area contributed by atoms with Crippen LogP contribution in [0.4, 0.5) is 8.78 Å². The van der Waals surface area contributed by atoms with Crippen LogP contribution < -0.4 is 5.32 Å². The highest BCUT2D eigenvalue weighted by Gasteiger charge is 2.39. The fraction of sp³-hybridized carbons (Fsp3) is 0.280. The van der Waals surface area contributed by atoms with Crippen LogP contribution in [-0.2, 0) is 22.7 Å². The van der Waals surface area contributed by atoms with Gasteiger partial charge in [0.05, 0.1) is 23.2 Å². The second kappa shape index (κ2) is 9.84. The molecule has 4 rings (SSSR count). The van der Waals surface area contributed by atoms with Gasteiger partial charge in [0, 0.05) is 41.2 Å². The Labute approximate surface area is 204 Å². The van der Waals surface area contributed by atoms with Gasteiger partial charge in [0.25, 0.3) is 0 Å². The van der Waals surface area contributed by atoms with Crippen molar-refractivity contribution in [2.45, 2.75) is 38.6 Å². The summed E-state index contributed by atoms with van der Waals surface area (Å²) in [7, 11) is 0. The number of alkyl halides is 1. The number of amides is 2. The third-order valence-corrected chi connectivity index (χ3v) is 6.34. The maximum absolute atomic E-state index is 14.3. The Morgan fingerprint density at radius 1 is 1.26 bits per heavy atom. The van der Waals surface area contributed by atoms with Gasteiger partial charge in [-0.3, -0.25) is 14.4 Å². The average molecular weight is 499 g/mol. The lowest BCUT2D eigenvalue weighted by molar-refractivity contribution is -0.139. The molecule has 1 fully saturated rings. The second-order valence-electron chi connectivity index (χ2n) is 8.40. The molecule has 0 saturated carbocycles. The molecule has 1 aliphatic heterocycles. The molecule has 3 aromatic rings. The van der Waals surface area contributed by atoms with Gasteiger partial charge in [-0.25, -0.2) is 8.78 Å². The maximum Gasteiger partial charge on any atom is 0.243 e. The lowest BCUT2D eigenvalue weighted by Gasteiger charge is -2.24. The molecule has 35 heavy (non-hydrogen) atoms. The number of fused-ring (bicyclic) bond motifs is 1. The smallest absolute Gasteiger partial charge is 0.243 e. The van der Waals surface area contributed by atoms with Gasteiger partial charge >= 0.3 is 0 Å². The summed E-state index contributed by atoms with van der Waals surface area (Å²) < 4.78 is 29.9. The highest BCUT2D eigenvalue weighted by Crippen LogP contribution is 2.26. The molecule has 2 amide bonds. The summed E-state index contributed by atoms with van der Waals surface area (Å²) in [6, 6.07) is 10.2. The van der Waals surface area contributed by atoms with Gasteiger partial charge in [-0.1, -0.05) is 23.7 Å². The molecule has 0 radical (unpaired) electrons. The van der Waals surface area contributed by atoms with E-state index in [0.29, 0.717) is 22.0 Å². The quantitative estimate of drug-likeness (QED) is 0.523. The molecule has 10 heteroatoms. The monoisotopic (exact) mass is 498 g/mol. The fourth-order valence-electron chi connectivity index (χ4n) is 4.31. The summed E-state index contributed by atoms with van der Waals surface area (Å²) >= 11 is 5.77. The van der Waals surface area contributed by atoms with Crippen LogP contribution in [0.15, 0.2) is 42.6 Å². The van der Waals surface area contributed by atoms with Crippen molar-refractivity contribution in [3.63, 3.8) is 0 Å². The SMILES string of the molecule is CC(=O)c1cn(CC(=O)N2CC(F)CC2C(=O)NCc2cccc(Cl)c2F)c2ccc(C#N)cc12. The van der Waals surface area contributed by atoms with Crippen LogP contribution in [0.25, 0.3) is 10.9 Å². The standard InChI is InChI=1S/C25H21ClF2N4O3/c1-14(33)19-12-31(21-6-5-15(9-29)7-18(19)21)13-23(34)32-11-17(27)8-22(32)25(35)30-10-16-3-2-4-20(26)24(16)28/h2-7,12,17,22H,8,10-11,13H2,1H3,(H,30,35). The minimum atomic E-state index is -1.38. The predicted octanol–water partition coefficient (Wildman–Crippen LogP) is 3.76. The Morgan fingerprint density at radius 3 is 2.74 bits per heavy atom. The molecular formula is C25H21ClF2N4O3. The molecule has 0 bridgehead atoms. The van der Waals surface area contributed by atoms with E-state index >= 15 is 0 Å². The highest BCUT2D eigenvalue weighted by atomic mass is 35.5. The minimum absolute atomic E-state index is 0.0796. The van der Waals surface area contributed by atoms with Crippen LogP contribution >= 0.6 is 11.6 Å². The van der Waals surface area contributed by atoms with Crippen LogP contribution in [0.2, 0.25) is 5.02 Å². The number of likely N-dealkylation sites (tertiary alicyclic amines) is 1. The lowest BCUT2D eigenvalue weighted by Crippen LogP contribution is -2.46. The van der Waals surface area contributed by atoms with Crippen LogP contribution in [0.5, 0.6) is 0 Å². The molecular weight excluding hydrogens is 478 g/mol. The molecule has 2 unspecified atom stereocenters. The van der Waals surface area contributed by atoms with Crippen LogP contribution in [0, 0.1) is 17.1 Å². The third-order valence-electron chi connectivity index (χ3n) is 6.05. The summed E-state index contributed by atoms with van der Waals surface area (Å²) in [6.45, 7) is 0.748. The second-order valence-corrected chi connectivity index (χ2v) is 8.80. The first-order valence-electron chi connectivity index (χ1n) is 10.9. The lowest BCUT2D eigenvalue weighted by atomic mass is 10.1. The number of aromatic nitrogens is 1. The Kier molecular flexibility index (Phi) is 6.85. The van der Waals surface area contributed by atoms with Crippen molar-refractivity contribution in [1.82, 2.24) is 14.8 Å². The van der Waals surface area contributed by atoms with Crippen molar-refractivity contribution in [1.29, 1.82) is 5.26 Å². The molecule has 2 heterocycles. The number of halogens is 3. The molecule has 180 valence electrons. The molecule has 1 aliphatic rings. The van der Waals surface area contributed by atoms with Crippen molar-refractivity contribution in [2.75, 3.05) is 6.54 Å². The molecule has 0 spiro atoms. The Balaban J connectivity index is 1.53. The number of hydrogen-bond acceptors (Lipinski definition) is 4. The van der Waals surface area contributed by atoms with Gasteiger partial charge in [0.15, 0.2) is 5.78 Å². The summed E-state index contributed by atoms with van der Waals surface area (Å²) in [5.41, 5.74) is 1.46. The number of benzene rings is 2. The van der Waals surface area contributed by atoms with Crippen molar-refractivity contribution < 1.29 is 23.2 Å². The molecule has 1 saturated heterocycles. The first kappa shape index (κ1) is 24.4. The van der Waals surface area contributed by atoms with Gasteiger partial charge in [0.2, 0.25) is 11.8 Å². The van der Waals surface area contributed by atoms with Crippen LogP contribution in [0.3, 0.4) is 0 Å². The first-order chi connectivity index (χ1) is 16.7. The van der Waals surface area contributed by atoms with Gasteiger partial charge in [-0.2, -0.15) is 5.26 Å². The normalized spacial score (nSPS) is 17.4. The number of Topliss-reactive ketones (excluding diaryl/α,β-unsaturated/α-hetero) is 1. The highest BCUT2D eigenvalue weighted by molar-refractivity contribution is 6.30. The fourth-order valence-corrected chi connectivity index (χ4v) is 4.50. The van der Waals surface area contributed by atoms with Gasteiger partial charge in [0.1, 0.15) is 24.6 Å². The molecule has 7 nitrogen and oxygen atoms in total. The summed E-state index contributed by atoms with van der Waals surface area (Å²) in [4.78, 5) is 39.2. The summed E-state index contributed by atoms with van der Waals surface area (Å²) in [5.74, 6) is -1.99. The van der Waals surface area contributed by atoms with E-state index < -0.39 is 29.8 Å². The predicted molar refractivity (Wildman–Crippen MR) is 125 cm³/mol. The number of rotatable bonds is 6. The van der Waals surface area contributed by atoms with Crippen molar-refractivity contribution in [3.8, 4) is 6.07 Å².